The molecule has 1 heteroatoms. The Kier molecular flexibility index (Phi) is 2.92. The van der Waals surface area contributed by atoms with Crippen LogP contribution in [-0.4, -0.2) is 6.17 Å². The van der Waals surface area contributed by atoms with Crippen molar-refractivity contribution in [2.24, 2.45) is 17.8 Å². The largest absolute Gasteiger partial charge is 0.247 e. The minimum absolute atomic E-state index is 0.179. The van der Waals surface area contributed by atoms with E-state index in [1.54, 1.807) is 0 Å². The van der Waals surface area contributed by atoms with Gasteiger partial charge in [0, 0.05) is 0 Å². The first-order valence-electron chi connectivity index (χ1n) is 4.81. The Hall–Kier alpha value is -0.330. The monoisotopic (exact) mass is 170 g/mol. The van der Waals surface area contributed by atoms with E-state index in [0.29, 0.717) is 11.8 Å². The summed E-state index contributed by atoms with van der Waals surface area (Å²) in [7, 11) is 0. The fraction of sp³-hybridized carbons (Fsp3) is 0.818. The minimum atomic E-state index is -0.615. The van der Waals surface area contributed by atoms with Gasteiger partial charge in [-0.2, -0.15) is 0 Å². The molecule has 4 atom stereocenters. The van der Waals surface area contributed by atoms with Gasteiger partial charge in [0.1, 0.15) is 6.17 Å². The van der Waals surface area contributed by atoms with Crippen molar-refractivity contribution in [3.63, 3.8) is 0 Å². The molecule has 4 unspecified atom stereocenters. The van der Waals surface area contributed by atoms with Crippen LogP contribution >= 0.6 is 0 Å². The Bertz CT molecular complexity index is 174. The third-order valence-electron chi connectivity index (χ3n) is 3.12. The van der Waals surface area contributed by atoms with Crippen LogP contribution in [0.1, 0.15) is 33.6 Å². The molecule has 0 radical (unpaired) electrons. The zero-order chi connectivity index (χ0) is 9.30. The van der Waals surface area contributed by atoms with Crippen molar-refractivity contribution < 1.29 is 4.39 Å². The molecule has 0 nitrogen and oxygen atoms in total. The molecule has 0 amide bonds. The lowest BCUT2D eigenvalue weighted by Gasteiger charge is -2.35. The Morgan fingerprint density at radius 2 is 1.92 bits per heavy atom. The molecule has 0 N–H and O–H groups in total. The molecule has 1 aliphatic rings. The highest BCUT2D eigenvalue weighted by Gasteiger charge is 2.33. The van der Waals surface area contributed by atoms with Crippen molar-refractivity contribution in [1.29, 1.82) is 0 Å². The highest BCUT2D eigenvalue weighted by molar-refractivity contribution is 5.02. The standard InChI is InChI=1S/C11H19F/c1-7(2)10-5-8(3)6-11(12)9(10)4/h8-11H,1,5-6H2,2-4H3. The van der Waals surface area contributed by atoms with Crippen molar-refractivity contribution in [2.45, 2.75) is 39.8 Å². The molecule has 1 fully saturated rings. The lowest BCUT2D eigenvalue weighted by atomic mass is 9.72. The van der Waals surface area contributed by atoms with E-state index < -0.39 is 6.17 Å². The average Bonchev–Trinajstić information content (AvgIpc) is 1.96. The molecule has 12 heavy (non-hydrogen) atoms. The highest BCUT2D eigenvalue weighted by Crippen LogP contribution is 2.38. The zero-order valence-corrected chi connectivity index (χ0v) is 8.31. The Labute approximate surface area is 74.9 Å². The quantitative estimate of drug-likeness (QED) is 0.528. The molecule has 0 saturated heterocycles. The molecule has 1 rings (SSSR count). The van der Waals surface area contributed by atoms with E-state index in [9.17, 15) is 4.39 Å². The molecular formula is C11H19F. The van der Waals surface area contributed by atoms with Crippen molar-refractivity contribution in [1.82, 2.24) is 0 Å². The van der Waals surface area contributed by atoms with Crippen LogP contribution in [0.15, 0.2) is 12.2 Å². The smallest absolute Gasteiger partial charge is 0.103 e. The number of hydrogen-bond acceptors (Lipinski definition) is 0. The fourth-order valence-electron chi connectivity index (χ4n) is 2.25. The van der Waals surface area contributed by atoms with Crippen LogP contribution in [0.4, 0.5) is 4.39 Å². The summed E-state index contributed by atoms with van der Waals surface area (Å²) in [5.41, 5.74) is 1.15. The van der Waals surface area contributed by atoms with Gasteiger partial charge >= 0.3 is 0 Å². The van der Waals surface area contributed by atoms with Gasteiger partial charge in [-0.15, -0.1) is 0 Å². The molecule has 0 aromatic carbocycles. The van der Waals surface area contributed by atoms with Crippen LogP contribution in [0.25, 0.3) is 0 Å². The van der Waals surface area contributed by atoms with Gasteiger partial charge in [0.25, 0.3) is 0 Å². The molecule has 1 aliphatic carbocycles. The van der Waals surface area contributed by atoms with Gasteiger partial charge in [-0.05, 0) is 37.5 Å². The van der Waals surface area contributed by atoms with Gasteiger partial charge in [0.15, 0.2) is 0 Å². The summed E-state index contributed by atoms with van der Waals surface area (Å²) in [6.07, 6.45) is 1.25. The first-order chi connectivity index (χ1) is 5.52. The normalized spacial score (nSPS) is 42.7. The van der Waals surface area contributed by atoms with E-state index in [4.69, 9.17) is 0 Å². The van der Waals surface area contributed by atoms with Crippen molar-refractivity contribution in [3.8, 4) is 0 Å². The Balaban J connectivity index is 2.66. The molecule has 0 heterocycles. The van der Waals surface area contributed by atoms with E-state index in [2.05, 4.69) is 13.5 Å². The van der Waals surface area contributed by atoms with E-state index in [1.165, 1.54) is 0 Å². The zero-order valence-electron chi connectivity index (χ0n) is 8.31. The first kappa shape index (κ1) is 9.76. The molecule has 0 aromatic rings. The number of halogens is 1. The molecule has 0 bridgehead atoms. The maximum atomic E-state index is 13.4. The van der Waals surface area contributed by atoms with Crippen molar-refractivity contribution in [3.05, 3.63) is 12.2 Å². The van der Waals surface area contributed by atoms with E-state index in [-0.39, 0.29) is 5.92 Å². The molecule has 0 aromatic heterocycles. The average molecular weight is 170 g/mol. The predicted molar refractivity (Wildman–Crippen MR) is 50.8 cm³/mol. The number of allylic oxidation sites excluding steroid dienone is 1. The van der Waals surface area contributed by atoms with Gasteiger partial charge < -0.3 is 0 Å². The Morgan fingerprint density at radius 1 is 1.33 bits per heavy atom. The number of hydrogen-bond donors (Lipinski definition) is 0. The molecule has 1 saturated carbocycles. The van der Waals surface area contributed by atoms with Gasteiger partial charge in [-0.3, -0.25) is 0 Å². The summed E-state index contributed by atoms with van der Waals surface area (Å²) in [6, 6.07) is 0. The van der Waals surface area contributed by atoms with Gasteiger partial charge in [0.2, 0.25) is 0 Å². The van der Waals surface area contributed by atoms with Gasteiger partial charge in [-0.1, -0.05) is 26.0 Å². The van der Waals surface area contributed by atoms with Crippen molar-refractivity contribution in [2.75, 3.05) is 0 Å². The first-order valence-corrected chi connectivity index (χ1v) is 4.81. The fourth-order valence-corrected chi connectivity index (χ4v) is 2.25. The summed E-state index contributed by atoms with van der Waals surface area (Å²) < 4.78 is 13.4. The van der Waals surface area contributed by atoms with Gasteiger partial charge in [-0.25, -0.2) is 4.39 Å². The SMILES string of the molecule is C=C(C)C1CC(C)CC(F)C1C. The number of alkyl halides is 1. The van der Waals surface area contributed by atoms with Crippen LogP contribution in [-0.2, 0) is 0 Å². The predicted octanol–water partition coefficient (Wildman–Crippen LogP) is 3.58. The number of rotatable bonds is 1. The summed E-state index contributed by atoms with van der Waals surface area (Å²) in [5, 5.41) is 0. The lowest BCUT2D eigenvalue weighted by molar-refractivity contribution is 0.105. The van der Waals surface area contributed by atoms with E-state index >= 15 is 0 Å². The second-order valence-corrected chi connectivity index (χ2v) is 4.40. The van der Waals surface area contributed by atoms with Crippen LogP contribution in [0.5, 0.6) is 0 Å². The molecule has 0 spiro atoms. The lowest BCUT2D eigenvalue weighted by Crippen LogP contribution is -2.31. The minimum Gasteiger partial charge on any atom is -0.247 e. The molecular weight excluding hydrogens is 151 g/mol. The van der Waals surface area contributed by atoms with Crippen LogP contribution in [0.2, 0.25) is 0 Å². The van der Waals surface area contributed by atoms with Crippen LogP contribution < -0.4 is 0 Å². The summed E-state index contributed by atoms with van der Waals surface area (Å²) in [6.45, 7) is 10.1. The topological polar surface area (TPSA) is 0 Å². The maximum Gasteiger partial charge on any atom is 0.103 e. The summed E-state index contributed by atoms with van der Waals surface area (Å²) >= 11 is 0. The molecule has 0 aliphatic heterocycles. The van der Waals surface area contributed by atoms with E-state index in [0.717, 1.165) is 18.4 Å². The third-order valence-corrected chi connectivity index (χ3v) is 3.12. The second-order valence-electron chi connectivity index (χ2n) is 4.40. The molecule has 70 valence electrons. The summed E-state index contributed by atoms with van der Waals surface area (Å²) in [5.74, 6) is 1.11. The third kappa shape index (κ3) is 1.88. The Morgan fingerprint density at radius 3 is 2.42 bits per heavy atom. The van der Waals surface area contributed by atoms with E-state index in [1.807, 2.05) is 13.8 Å². The summed E-state index contributed by atoms with van der Waals surface area (Å²) in [4.78, 5) is 0. The van der Waals surface area contributed by atoms with Crippen LogP contribution in [0, 0.1) is 17.8 Å². The van der Waals surface area contributed by atoms with Crippen molar-refractivity contribution >= 4 is 0 Å². The maximum absolute atomic E-state index is 13.4. The highest BCUT2D eigenvalue weighted by atomic mass is 19.1. The van der Waals surface area contributed by atoms with Crippen LogP contribution in [0.3, 0.4) is 0 Å². The van der Waals surface area contributed by atoms with Gasteiger partial charge in [0.05, 0.1) is 0 Å². The second kappa shape index (κ2) is 3.59.